The van der Waals surface area contributed by atoms with Gasteiger partial charge in [0.05, 0.1) is 18.7 Å². The fourth-order valence-corrected chi connectivity index (χ4v) is 6.63. The van der Waals surface area contributed by atoms with E-state index >= 15 is 0 Å². The first kappa shape index (κ1) is 55.5. The number of ether oxygens (including phenoxy) is 2. The van der Waals surface area contributed by atoms with Crippen LogP contribution in [0, 0.1) is 13.8 Å². The number of carboxylic acid groups (broad SMARTS) is 1. The van der Waals surface area contributed by atoms with Crippen LogP contribution in [0.4, 0.5) is 26.3 Å². The minimum atomic E-state index is -4.80. The van der Waals surface area contributed by atoms with E-state index in [1.54, 1.807) is 62.4 Å². The predicted octanol–water partition coefficient (Wildman–Crippen LogP) is 7.01. The Balaban J connectivity index is 0.000000296. The number of carbonyl (C=O) groups is 2. The van der Waals surface area contributed by atoms with Crippen molar-refractivity contribution in [3.8, 4) is 57.2 Å². The SMILES string of the molecule is C.CC(=O)c1cccc(Cn2c(C)ccc(-c3nc(-c4ccc(OC(F)(F)F)cc4)no3)c2=O)c1.Cc1ccc(-c2nc(-c3ccc(OC(F)(F)F)cc3)no2)c(=O)n1Cc1cccc(C(=O)O)c1.[Li+].[OH-]. The number of ketones is 1. The van der Waals surface area contributed by atoms with Crippen molar-refractivity contribution in [2.75, 3.05) is 0 Å². The number of pyridine rings is 2. The molecule has 0 aliphatic heterocycles. The molecule has 16 nitrogen and oxygen atoms in total. The van der Waals surface area contributed by atoms with Gasteiger partial charge in [0.15, 0.2) is 5.78 Å². The zero-order valence-corrected chi connectivity index (χ0v) is 37.1. The van der Waals surface area contributed by atoms with Crippen LogP contribution in [-0.4, -0.2) is 64.5 Å². The van der Waals surface area contributed by atoms with Crippen LogP contribution >= 0.6 is 0 Å². The number of benzene rings is 4. The number of aromatic nitrogens is 6. The van der Waals surface area contributed by atoms with Crippen LogP contribution in [0.5, 0.6) is 11.5 Å². The second-order valence-electron chi connectivity index (χ2n) is 14.8. The van der Waals surface area contributed by atoms with Gasteiger partial charge < -0.3 is 38.2 Å². The number of alkyl halides is 6. The Labute approximate surface area is 410 Å². The van der Waals surface area contributed by atoms with Crippen LogP contribution in [0.15, 0.2) is 140 Å². The van der Waals surface area contributed by atoms with Crippen molar-refractivity contribution in [3.05, 3.63) is 176 Å². The molecule has 0 fully saturated rings. The van der Waals surface area contributed by atoms with E-state index in [0.29, 0.717) is 33.6 Å². The summed E-state index contributed by atoms with van der Waals surface area (Å²) in [6, 6.07) is 29.6. The molecular weight excluding hydrogens is 941 g/mol. The van der Waals surface area contributed by atoms with Crippen molar-refractivity contribution in [1.29, 1.82) is 0 Å². The first-order chi connectivity index (χ1) is 32.2. The molecule has 4 aromatic carbocycles. The maximum absolute atomic E-state index is 13.2. The molecule has 0 unspecified atom stereocenters. The van der Waals surface area contributed by atoms with Crippen molar-refractivity contribution < 1.29 is 83.9 Å². The molecule has 4 heterocycles. The Hall–Kier alpha value is -8.06. The molecule has 0 saturated heterocycles. The first-order valence-electron chi connectivity index (χ1n) is 19.9. The minimum Gasteiger partial charge on any atom is -0.870 e. The monoisotopic (exact) mass is 980 g/mol. The summed E-state index contributed by atoms with van der Waals surface area (Å²) >= 11 is 0. The van der Waals surface area contributed by atoms with E-state index in [0.717, 1.165) is 29.8 Å². The second kappa shape index (κ2) is 23.0. The van der Waals surface area contributed by atoms with E-state index in [2.05, 4.69) is 29.8 Å². The maximum atomic E-state index is 13.2. The zero-order chi connectivity index (χ0) is 48.9. The Morgan fingerprint density at radius 3 is 1.35 bits per heavy atom. The summed E-state index contributed by atoms with van der Waals surface area (Å²) in [4.78, 5) is 57.6. The van der Waals surface area contributed by atoms with Gasteiger partial charge in [-0.1, -0.05) is 48.1 Å². The van der Waals surface area contributed by atoms with E-state index < -0.39 is 30.0 Å². The number of halogens is 6. The number of Topliss-reactive ketones (excluding diaryl/α,β-unsaturated/α-hetero) is 1. The van der Waals surface area contributed by atoms with Gasteiger partial charge in [-0.25, -0.2) is 4.79 Å². The summed E-state index contributed by atoms with van der Waals surface area (Å²) in [6.07, 6.45) is -9.60. The van der Waals surface area contributed by atoms with Crippen molar-refractivity contribution in [2.24, 2.45) is 0 Å². The first-order valence-corrected chi connectivity index (χ1v) is 19.9. The number of rotatable bonds is 12. The van der Waals surface area contributed by atoms with Crippen LogP contribution in [0.3, 0.4) is 0 Å². The van der Waals surface area contributed by atoms with Crippen LogP contribution in [-0.2, 0) is 13.1 Å². The Kier molecular flexibility index (Phi) is 18.0. The molecule has 4 aromatic heterocycles. The quantitative estimate of drug-likeness (QED) is 0.0739. The predicted molar refractivity (Wildman–Crippen MR) is 238 cm³/mol. The number of aryl methyl sites for hydroxylation is 2. The third-order valence-corrected chi connectivity index (χ3v) is 9.98. The van der Waals surface area contributed by atoms with Gasteiger partial charge in [-0.3, -0.25) is 14.4 Å². The number of hydrogen-bond donors (Lipinski definition) is 1. The molecule has 0 spiro atoms. The largest absolute Gasteiger partial charge is 1.00 e. The van der Waals surface area contributed by atoms with Gasteiger partial charge in [-0.15, -0.1) is 26.3 Å². The smallest absolute Gasteiger partial charge is 0.870 e. The number of carbonyl (C=O) groups excluding carboxylic acids is 1. The number of hydrogen-bond acceptors (Lipinski definition) is 13. The summed E-state index contributed by atoms with van der Waals surface area (Å²) in [7, 11) is 0. The van der Waals surface area contributed by atoms with Crippen molar-refractivity contribution in [3.63, 3.8) is 0 Å². The molecule has 0 aliphatic carbocycles. The molecule has 23 heteroatoms. The van der Waals surface area contributed by atoms with E-state index in [-0.39, 0.29) is 102 Å². The fraction of sp³-hybridized carbons (Fsp3) is 0.167. The Bertz CT molecular complexity index is 3040. The van der Waals surface area contributed by atoms with Crippen molar-refractivity contribution in [1.82, 2.24) is 29.4 Å². The number of aromatic carboxylic acids is 1. The maximum Gasteiger partial charge on any atom is 1.00 e. The number of nitrogens with zero attached hydrogens (tertiary/aromatic N) is 6. The molecule has 71 heavy (non-hydrogen) atoms. The van der Waals surface area contributed by atoms with Crippen LogP contribution in [0.2, 0.25) is 0 Å². The van der Waals surface area contributed by atoms with E-state index in [9.17, 15) is 50.6 Å². The fourth-order valence-electron chi connectivity index (χ4n) is 6.63. The zero-order valence-electron chi connectivity index (χ0n) is 37.1. The summed E-state index contributed by atoms with van der Waals surface area (Å²) in [6.45, 7) is 5.35. The van der Waals surface area contributed by atoms with Gasteiger partial charge in [-0.2, -0.15) is 9.97 Å². The summed E-state index contributed by atoms with van der Waals surface area (Å²) < 4.78 is 95.2. The second-order valence-corrected chi connectivity index (χ2v) is 14.8. The molecule has 364 valence electrons. The number of carboxylic acids is 1. The summed E-state index contributed by atoms with van der Waals surface area (Å²) in [5.74, 6) is -1.83. The summed E-state index contributed by atoms with van der Waals surface area (Å²) in [5, 5.41) is 16.8. The van der Waals surface area contributed by atoms with Gasteiger partial charge in [0.25, 0.3) is 22.9 Å². The molecule has 0 bridgehead atoms. The molecular formula is C48H39F6LiN6O10. The molecule has 0 amide bonds. The van der Waals surface area contributed by atoms with Gasteiger partial charge in [-0.05, 0) is 123 Å². The molecule has 8 aromatic rings. The van der Waals surface area contributed by atoms with E-state index in [4.69, 9.17) is 9.05 Å². The average molecular weight is 981 g/mol. The standard InChI is InChI=1S/C24H18F3N3O4.C23H16F3N3O5.CH4.Li.H2O/c1-14-6-11-20(23(32)30(14)13-16-4-3-5-18(12-16)15(2)31)22-28-21(29-34-22)17-7-9-19(10-8-17)33-24(25,26)27;1-13-5-10-18(21(30)29(13)12-14-3-2-4-16(11-14)22(31)32)20-27-19(28-34-20)15-6-8-17(9-7-15)33-23(24,25)26;;;/h3-12H,13H2,1-2H3;2-11H,12H2,1H3,(H,31,32);1H4;;1H2/q;;;+1;/p-1. The van der Waals surface area contributed by atoms with Crippen LogP contribution < -0.4 is 39.5 Å². The Morgan fingerprint density at radius 1 is 0.606 bits per heavy atom. The Morgan fingerprint density at radius 2 is 0.986 bits per heavy atom. The van der Waals surface area contributed by atoms with Crippen LogP contribution in [0.1, 0.15) is 57.6 Å². The topological polar surface area (TPSA) is 225 Å². The molecule has 0 radical (unpaired) electrons. The van der Waals surface area contributed by atoms with Crippen molar-refractivity contribution in [2.45, 2.75) is 54.0 Å². The van der Waals surface area contributed by atoms with Gasteiger partial charge in [0, 0.05) is 28.1 Å². The normalized spacial score (nSPS) is 10.9. The third-order valence-electron chi connectivity index (χ3n) is 9.98. The van der Waals surface area contributed by atoms with Crippen molar-refractivity contribution >= 4 is 11.8 Å². The molecule has 0 aliphatic rings. The average Bonchev–Trinajstić information content (AvgIpc) is 3.98. The van der Waals surface area contributed by atoms with Crippen LogP contribution in [0.25, 0.3) is 45.7 Å². The molecule has 0 atom stereocenters. The minimum absolute atomic E-state index is 0. The molecule has 2 N–H and O–H groups in total. The molecule has 8 rings (SSSR count). The van der Waals surface area contributed by atoms with E-state index in [1.807, 2.05) is 6.07 Å². The summed E-state index contributed by atoms with van der Waals surface area (Å²) in [5.41, 5.74) is 3.64. The van der Waals surface area contributed by atoms with Gasteiger partial charge >= 0.3 is 37.6 Å². The third kappa shape index (κ3) is 14.0. The van der Waals surface area contributed by atoms with E-state index in [1.165, 1.54) is 58.5 Å². The molecule has 0 saturated carbocycles. The van der Waals surface area contributed by atoms with Gasteiger partial charge in [0.2, 0.25) is 11.6 Å². The van der Waals surface area contributed by atoms with Gasteiger partial charge in [0.1, 0.15) is 22.6 Å².